The molecule has 1 aliphatic rings. The first kappa shape index (κ1) is 17.4. The molecule has 1 atom stereocenters. The van der Waals surface area contributed by atoms with Gasteiger partial charge in [-0.2, -0.15) is 5.10 Å². The molecule has 3 N–H and O–H groups in total. The number of hydrogen-bond donors (Lipinski definition) is 2. The summed E-state index contributed by atoms with van der Waals surface area (Å²) in [4.78, 5) is 4.61. The molecule has 0 saturated heterocycles. The molecule has 1 aromatic heterocycles. The lowest BCUT2D eigenvalue weighted by Crippen LogP contribution is -2.39. The second-order valence-electron chi connectivity index (χ2n) is 6.92. The van der Waals surface area contributed by atoms with E-state index in [-0.39, 0.29) is 0 Å². The highest BCUT2D eigenvalue weighted by Crippen LogP contribution is 2.37. The standard InChI is InChI=1S/C22H18IN5/c23-18-7-8-20-19(11-18)22(24,26-14-25-20)17-6-9-21-16(10-17)12-27-28(21)13-15-4-2-1-3-5-15/h1-12,14H,13,24H2,(H,25,26). The van der Waals surface area contributed by atoms with Crippen LogP contribution in [0.3, 0.4) is 0 Å². The molecule has 3 aromatic carbocycles. The van der Waals surface area contributed by atoms with Crippen LogP contribution >= 0.6 is 22.6 Å². The predicted octanol–water partition coefficient (Wildman–Crippen LogP) is 4.30. The maximum atomic E-state index is 6.81. The molecule has 5 rings (SSSR count). The molecule has 0 aliphatic carbocycles. The number of halogens is 1. The van der Waals surface area contributed by atoms with E-state index in [1.54, 1.807) is 6.34 Å². The Bertz CT molecular complexity index is 1200. The van der Waals surface area contributed by atoms with E-state index in [9.17, 15) is 0 Å². The molecule has 0 spiro atoms. The smallest absolute Gasteiger partial charge is 0.163 e. The number of aromatic nitrogens is 2. The summed E-state index contributed by atoms with van der Waals surface area (Å²) in [6.45, 7) is 0.737. The molecule has 1 aliphatic heterocycles. The molecule has 0 amide bonds. The topological polar surface area (TPSA) is 68.2 Å². The van der Waals surface area contributed by atoms with Crippen LogP contribution in [0.5, 0.6) is 0 Å². The van der Waals surface area contributed by atoms with Gasteiger partial charge in [-0.1, -0.05) is 36.4 Å². The van der Waals surface area contributed by atoms with Crippen molar-refractivity contribution in [1.82, 2.24) is 9.78 Å². The Morgan fingerprint density at radius 2 is 1.89 bits per heavy atom. The van der Waals surface area contributed by atoms with Crippen molar-refractivity contribution in [3.63, 3.8) is 0 Å². The minimum atomic E-state index is -0.919. The van der Waals surface area contributed by atoms with Crippen molar-refractivity contribution in [2.24, 2.45) is 10.7 Å². The van der Waals surface area contributed by atoms with Crippen LogP contribution in [-0.2, 0) is 12.2 Å². The largest absolute Gasteiger partial charge is 0.346 e. The van der Waals surface area contributed by atoms with Crippen molar-refractivity contribution in [2.45, 2.75) is 12.2 Å². The number of hydrogen-bond acceptors (Lipinski definition) is 4. The van der Waals surface area contributed by atoms with E-state index in [1.165, 1.54) is 5.56 Å². The molecule has 0 fully saturated rings. The van der Waals surface area contributed by atoms with Crippen LogP contribution in [0.1, 0.15) is 16.7 Å². The van der Waals surface area contributed by atoms with E-state index in [0.29, 0.717) is 0 Å². The zero-order valence-corrected chi connectivity index (χ0v) is 17.2. The van der Waals surface area contributed by atoms with Gasteiger partial charge in [-0.3, -0.25) is 10.4 Å². The SMILES string of the molecule is NC1(c2ccc3c(cnn3Cc3ccccc3)c2)N=CNc2ccc(I)cc21. The van der Waals surface area contributed by atoms with Crippen molar-refractivity contribution < 1.29 is 0 Å². The monoisotopic (exact) mass is 479 g/mol. The van der Waals surface area contributed by atoms with Crippen molar-refractivity contribution in [3.05, 3.63) is 93.2 Å². The van der Waals surface area contributed by atoms with Gasteiger partial charge in [-0.05, 0) is 64.0 Å². The number of fused-ring (bicyclic) bond motifs is 2. The van der Waals surface area contributed by atoms with E-state index < -0.39 is 5.66 Å². The summed E-state index contributed by atoms with van der Waals surface area (Å²) in [6, 6.07) is 22.8. The van der Waals surface area contributed by atoms with Crippen LogP contribution in [0.4, 0.5) is 5.69 Å². The number of nitrogens with two attached hydrogens (primary N) is 1. The lowest BCUT2D eigenvalue weighted by atomic mass is 9.90. The van der Waals surface area contributed by atoms with Gasteiger partial charge in [0.15, 0.2) is 5.66 Å². The number of aliphatic imine (C=N–C) groups is 1. The Balaban J connectivity index is 1.57. The van der Waals surface area contributed by atoms with Gasteiger partial charge in [-0.25, -0.2) is 4.99 Å². The number of rotatable bonds is 3. The quantitative estimate of drug-likeness (QED) is 0.431. The van der Waals surface area contributed by atoms with Crippen molar-refractivity contribution in [2.75, 3.05) is 5.32 Å². The zero-order valence-electron chi connectivity index (χ0n) is 15.0. The van der Waals surface area contributed by atoms with Gasteiger partial charge < -0.3 is 5.32 Å². The average molecular weight is 479 g/mol. The molecular formula is C22H18IN5. The predicted molar refractivity (Wildman–Crippen MR) is 122 cm³/mol. The first-order chi connectivity index (χ1) is 13.6. The lowest BCUT2D eigenvalue weighted by molar-refractivity contribution is 0.571. The number of benzene rings is 3. The molecule has 138 valence electrons. The van der Waals surface area contributed by atoms with Gasteiger partial charge >= 0.3 is 0 Å². The molecule has 6 heteroatoms. The van der Waals surface area contributed by atoms with Crippen molar-refractivity contribution >= 4 is 45.5 Å². The number of nitrogens with zero attached hydrogens (tertiary/aromatic N) is 3. The van der Waals surface area contributed by atoms with Gasteiger partial charge in [0, 0.05) is 20.2 Å². The summed E-state index contributed by atoms with van der Waals surface area (Å²) < 4.78 is 3.14. The zero-order chi connectivity index (χ0) is 19.1. The highest BCUT2D eigenvalue weighted by atomic mass is 127. The molecule has 0 bridgehead atoms. The Labute approximate surface area is 176 Å². The summed E-state index contributed by atoms with van der Waals surface area (Å²) in [5, 5.41) is 8.83. The minimum Gasteiger partial charge on any atom is -0.346 e. The van der Waals surface area contributed by atoms with E-state index in [4.69, 9.17) is 5.73 Å². The Kier molecular flexibility index (Phi) is 4.17. The molecule has 0 radical (unpaired) electrons. The maximum absolute atomic E-state index is 6.81. The summed E-state index contributed by atoms with van der Waals surface area (Å²) in [5.41, 5.74) is 11.1. The Morgan fingerprint density at radius 3 is 2.75 bits per heavy atom. The fraction of sp³-hybridized carbons (Fsp3) is 0.0909. The normalized spacial score (nSPS) is 18.1. The van der Waals surface area contributed by atoms with E-state index >= 15 is 0 Å². The molecule has 0 saturated carbocycles. The second-order valence-corrected chi connectivity index (χ2v) is 8.17. The fourth-order valence-corrected chi connectivity index (χ4v) is 4.16. The van der Waals surface area contributed by atoms with Crippen LogP contribution in [0.2, 0.25) is 0 Å². The fourth-order valence-electron chi connectivity index (χ4n) is 3.67. The molecule has 4 aromatic rings. The summed E-state index contributed by atoms with van der Waals surface area (Å²) in [7, 11) is 0. The molecule has 2 heterocycles. The van der Waals surface area contributed by atoms with Crippen LogP contribution in [0.15, 0.2) is 77.9 Å². The highest BCUT2D eigenvalue weighted by molar-refractivity contribution is 14.1. The lowest BCUT2D eigenvalue weighted by Gasteiger charge is -2.31. The summed E-state index contributed by atoms with van der Waals surface area (Å²) >= 11 is 2.30. The molecule has 28 heavy (non-hydrogen) atoms. The second kappa shape index (κ2) is 6.72. The third-order valence-electron chi connectivity index (χ3n) is 5.14. The van der Waals surface area contributed by atoms with Gasteiger partial charge in [0.25, 0.3) is 0 Å². The van der Waals surface area contributed by atoms with Crippen LogP contribution in [0.25, 0.3) is 10.9 Å². The van der Waals surface area contributed by atoms with Gasteiger partial charge in [0.1, 0.15) is 0 Å². The number of anilines is 1. The number of nitrogens with one attached hydrogen (secondary N) is 1. The first-order valence-corrected chi connectivity index (χ1v) is 10.1. The average Bonchev–Trinajstić information content (AvgIpc) is 3.12. The van der Waals surface area contributed by atoms with Crippen LogP contribution in [0, 0.1) is 3.57 Å². The first-order valence-electron chi connectivity index (χ1n) is 9.03. The Hall–Kier alpha value is -2.71. The van der Waals surface area contributed by atoms with Gasteiger partial charge in [-0.15, -0.1) is 0 Å². The van der Waals surface area contributed by atoms with Crippen LogP contribution in [-0.4, -0.2) is 16.1 Å². The van der Waals surface area contributed by atoms with Crippen molar-refractivity contribution in [3.8, 4) is 0 Å². The third-order valence-corrected chi connectivity index (χ3v) is 5.81. The van der Waals surface area contributed by atoms with Crippen LogP contribution < -0.4 is 11.1 Å². The third kappa shape index (κ3) is 2.89. The Morgan fingerprint density at radius 1 is 1.04 bits per heavy atom. The molecular weight excluding hydrogens is 461 g/mol. The maximum Gasteiger partial charge on any atom is 0.163 e. The summed E-state index contributed by atoms with van der Waals surface area (Å²) in [5.74, 6) is 0. The molecule has 5 nitrogen and oxygen atoms in total. The van der Waals surface area contributed by atoms with Crippen molar-refractivity contribution in [1.29, 1.82) is 0 Å². The van der Waals surface area contributed by atoms with Gasteiger partial charge in [0.05, 0.1) is 24.6 Å². The highest BCUT2D eigenvalue weighted by Gasteiger charge is 2.33. The van der Waals surface area contributed by atoms with E-state index in [2.05, 4.69) is 80.5 Å². The minimum absolute atomic E-state index is 0.737. The summed E-state index contributed by atoms with van der Waals surface area (Å²) in [6.07, 6.45) is 3.57. The van der Waals surface area contributed by atoms with E-state index in [0.717, 1.165) is 37.8 Å². The van der Waals surface area contributed by atoms with Gasteiger partial charge in [0.2, 0.25) is 0 Å². The van der Waals surface area contributed by atoms with E-state index in [1.807, 2.05) is 35.1 Å². The molecule has 1 unspecified atom stereocenters.